The van der Waals surface area contributed by atoms with Crippen molar-refractivity contribution < 1.29 is 9.90 Å². The van der Waals surface area contributed by atoms with Crippen molar-refractivity contribution in [2.75, 3.05) is 5.75 Å². The molecule has 0 heterocycles. The molecule has 0 aliphatic carbocycles. The largest absolute Gasteiger partial charge is 0.480 e. The fourth-order valence-electron chi connectivity index (χ4n) is 2.01. The van der Waals surface area contributed by atoms with E-state index in [0.29, 0.717) is 6.42 Å². The second-order valence-corrected chi connectivity index (χ2v) is 6.85. The maximum absolute atomic E-state index is 10.9. The number of carboxylic acid groups (broad SMARTS) is 1. The minimum atomic E-state index is -0.708. The number of allylic oxidation sites excluding steroid dienone is 9. The molecule has 0 radical (unpaired) electrons. The van der Waals surface area contributed by atoms with Gasteiger partial charge in [0.05, 0.1) is 0 Å². The normalized spacial score (nSPS) is 14.0. The molecule has 1 atom stereocenters. The molecule has 0 aromatic heterocycles. The first-order chi connectivity index (χ1) is 12.2. The summed E-state index contributed by atoms with van der Waals surface area (Å²) >= 11 is 1.49. The van der Waals surface area contributed by atoms with Crippen molar-refractivity contribution in [1.29, 1.82) is 0 Å². The summed E-state index contributed by atoms with van der Waals surface area (Å²) in [6, 6.07) is 0. The van der Waals surface area contributed by atoms with Crippen molar-refractivity contribution in [1.82, 2.24) is 0 Å². The van der Waals surface area contributed by atoms with Gasteiger partial charge >= 0.3 is 5.97 Å². The molecule has 3 heteroatoms. The van der Waals surface area contributed by atoms with Crippen LogP contribution in [0.4, 0.5) is 0 Å². The predicted molar refractivity (Wildman–Crippen MR) is 113 cm³/mol. The lowest BCUT2D eigenvalue weighted by molar-refractivity contribution is -0.136. The highest BCUT2D eigenvalue weighted by Crippen LogP contribution is 2.14. The molecule has 1 N–H and O–H groups in total. The molecule has 1 unspecified atom stereocenters. The molecule has 0 bridgehead atoms. The number of unbranched alkanes of at least 4 members (excludes halogenated alkanes) is 1. The van der Waals surface area contributed by atoms with E-state index in [1.165, 1.54) is 11.8 Å². The van der Waals surface area contributed by atoms with Gasteiger partial charge in [0.25, 0.3) is 0 Å². The van der Waals surface area contributed by atoms with Crippen molar-refractivity contribution in [3.63, 3.8) is 0 Å². The summed E-state index contributed by atoms with van der Waals surface area (Å²) in [5.74, 6) is 0.0691. The van der Waals surface area contributed by atoms with Crippen LogP contribution in [0.3, 0.4) is 0 Å². The highest BCUT2D eigenvalue weighted by atomic mass is 32.2. The van der Waals surface area contributed by atoms with Crippen molar-refractivity contribution in [2.45, 2.75) is 64.0 Å². The third-order valence-electron chi connectivity index (χ3n) is 3.43. The fourth-order valence-corrected chi connectivity index (χ4v) is 2.87. The highest BCUT2D eigenvalue weighted by Gasteiger charge is 2.13. The molecular weight excluding hydrogens is 328 g/mol. The first kappa shape index (κ1) is 23.5. The quantitative estimate of drug-likeness (QED) is 0.259. The Morgan fingerprint density at radius 3 is 1.76 bits per heavy atom. The smallest absolute Gasteiger partial charge is 0.316 e. The van der Waals surface area contributed by atoms with Gasteiger partial charge in [0.1, 0.15) is 5.25 Å². The molecule has 0 rings (SSSR count). The molecule has 0 spiro atoms. The van der Waals surface area contributed by atoms with Gasteiger partial charge in [-0.1, -0.05) is 74.6 Å². The predicted octanol–water partition coefficient (Wildman–Crippen LogP) is 6.72. The molecule has 0 aromatic rings. The fraction of sp³-hybridized carbons (Fsp3) is 0.500. The van der Waals surface area contributed by atoms with E-state index in [9.17, 15) is 4.79 Å². The standard InChI is InChI=1S/C22H34O2S/c1-3-5-6-7-8-9-10-11-12-13-14-15-16-17-18-19-20-25-21(4-2)22(23)24/h5-6,8-9,11-12,14-15,18-19,21H,3-4,7,10,13,16-17,20H2,1-2H3,(H,23,24)/b6-5-,9-8-,12-11-,15-14-,19-18+. The minimum absolute atomic E-state index is 0.279. The second kappa shape index (κ2) is 18.9. The van der Waals surface area contributed by atoms with E-state index in [-0.39, 0.29) is 5.25 Å². The number of carbonyl (C=O) groups is 1. The molecular formula is C22H34O2S. The number of carboxylic acids is 1. The van der Waals surface area contributed by atoms with Crippen LogP contribution in [0, 0.1) is 0 Å². The van der Waals surface area contributed by atoms with E-state index in [4.69, 9.17) is 5.11 Å². The minimum Gasteiger partial charge on any atom is -0.480 e. The van der Waals surface area contributed by atoms with Gasteiger partial charge in [-0.05, 0) is 44.9 Å². The monoisotopic (exact) mass is 362 g/mol. The Balaban J connectivity index is 3.57. The maximum Gasteiger partial charge on any atom is 0.316 e. The molecule has 0 saturated carbocycles. The first-order valence-corrected chi connectivity index (χ1v) is 10.4. The average molecular weight is 363 g/mol. The molecule has 2 nitrogen and oxygen atoms in total. The summed E-state index contributed by atoms with van der Waals surface area (Å²) in [4.78, 5) is 10.9. The van der Waals surface area contributed by atoms with Crippen LogP contribution in [-0.2, 0) is 4.79 Å². The first-order valence-electron chi connectivity index (χ1n) is 9.31. The van der Waals surface area contributed by atoms with E-state index >= 15 is 0 Å². The number of aliphatic carboxylic acids is 1. The van der Waals surface area contributed by atoms with E-state index in [0.717, 1.165) is 44.3 Å². The van der Waals surface area contributed by atoms with Crippen LogP contribution >= 0.6 is 11.8 Å². The number of rotatable bonds is 15. The number of hydrogen-bond donors (Lipinski definition) is 1. The Morgan fingerprint density at radius 2 is 1.28 bits per heavy atom. The van der Waals surface area contributed by atoms with Gasteiger partial charge in [0, 0.05) is 5.75 Å². The molecule has 0 amide bonds. The van der Waals surface area contributed by atoms with Crippen molar-refractivity contribution in [3.8, 4) is 0 Å². The van der Waals surface area contributed by atoms with Crippen LogP contribution in [-0.4, -0.2) is 22.1 Å². The van der Waals surface area contributed by atoms with E-state index in [2.05, 4.69) is 67.7 Å². The van der Waals surface area contributed by atoms with Gasteiger partial charge in [0.2, 0.25) is 0 Å². The van der Waals surface area contributed by atoms with Gasteiger partial charge in [-0.25, -0.2) is 0 Å². The lowest BCUT2D eigenvalue weighted by Crippen LogP contribution is -2.15. The Labute approximate surface area is 158 Å². The summed E-state index contributed by atoms with van der Waals surface area (Å²) in [7, 11) is 0. The van der Waals surface area contributed by atoms with Gasteiger partial charge in [-0.2, -0.15) is 0 Å². The SMILES string of the molecule is CC/C=C\C/C=C\C/C=C\C/C=C\CC/C=C/CSC(CC)C(=O)O. The van der Waals surface area contributed by atoms with Gasteiger partial charge in [0.15, 0.2) is 0 Å². The van der Waals surface area contributed by atoms with Crippen LogP contribution in [0.25, 0.3) is 0 Å². The summed E-state index contributed by atoms with van der Waals surface area (Å²) in [5.41, 5.74) is 0. The van der Waals surface area contributed by atoms with Gasteiger partial charge in [-0.3, -0.25) is 4.79 Å². The summed E-state index contributed by atoms with van der Waals surface area (Å²) in [5, 5.41) is 8.66. The Kier molecular flexibility index (Phi) is 17.7. The molecule has 0 aliphatic heterocycles. The zero-order chi connectivity index (χ0) is 18.6. The van der Waals surface area contributed by atoms with Gasteiger partial charge in [-0.15, -0.1) is 11.8 Å². The lowest BCUT2D eigenvalue weighted by atomic mass is 10.2. The van der Waals surface area contributed by atoms with Crippen LogP contribution in [0.1, 0.15) is 58.8 Å². The highest BCUT2D eigenvalue weighted by molar-refractivity contribution is 8.00. The van der Waals surface area contributed by atoms with E-state index in [1.54, 1.807) is 0 Å². The third-order valence-corrected chi connectivity index (χ3v) is 4.75. The molecule has 140 valence electrons. The molecule has 0 aliphatic rings. The zero-order valence-electron chi connectivity index (χ0n) is 15.8. The van der Waals surface area contributed by atoms with Crippen molar-refractivity contribution >= 4 is 17.7 Å². The summed E-state index contributed by atoms with van der Waals surface area (Å²) in [6.45, 7) is 4.06. The molecule has 25 heavy (non-hydrogen) atoms. The van der Waals surface area contributed by atoms with E-state index < -0.39 is 5.97 Å². The van der Waals surface area contributed by atoms with Crippen LogP contribution < -0.4 is 0 Å². The van der Waals surface area contributed by atoms with Crippen LogP contribution in [0.5, 0.6) is 0 Å². The number of hydrogen-bond acceptors (Lipinski definition) is 2. The Morgan fingerprint density at radius 1 is 0.800 bits per heavy atom. The van der Waals surface area contributed by atoms with Crippen LogP contribution in [0.15, 0.2) is 60.8 Å². The Hall–Kier alpha value is -1.48. The van der Waals surface area contributed by atoms with Crippen molar-refractivity contribution in [2.24, 2.45) is 0 Å². The average Bonchev–Trinajstić information content (AvgIpc) is 2.60. The topological polar surface area (TPSA) is 37.3 Å². The molecule has 0 fully saturated rings. The van der Waals surface area contributed by atoms with Crippen molar-refractivity contribution in [3.05, 3.63) is 60.8 Å². The maximum atomic E-state index is 10.9. The number of thioether (sulfide) groups is 1. The second-order valence-electron chi connectivity index (χ2n) is 5.62. The van der Waals surface area contributed by atoms with Crippen LogP contribution in [0.2, 0.25) is 0 Å². The van der Waals surface area contributed by atoms with E-state index in [1.807, 2.05) is 6.92 Å². The summed E-state index contributed by atoms with van der Waals surface area (Å²) < 4.78 is 0. The summed E-state index contributed by atoms with van der Waals surface area (Å²) in [6.07, 6.45) is 28.7. The lowest BCUT2D eigenvalue weighted by Gasteiger charge is -2.06. The van der Waals surface area contributed by atoms with Gasteiger partial charge < -0.3 is 5.11 Å². The third kappa shape index (κ3) is 17.1. The molecule has 0 saturated heterocycles. The zero-order valence-corrected chi connectivity index (χ0v) is 16.6. The Bertz CT molecular complexity index is 459. The molecule has 0 aromatic carbocycles.